The average molecular weight is 226 g/mol. The van der Waals surface area contributed by atoms with Gasteiger partial charge in [-0.25, -0.2) is 4.79 Å². The second-order valence-corrected chi connectivity index (χ2v) is 3.63. The van der Waals surface area contributed by atoms with Crippen LogP contribution in [-0.4, -0.2) is 27.4 Å². The molecule has 0 fully saturated rings. The van der Waals surface area contributed by atoms with Crippen LogP contribution in [0.15, 0.2) is 18.2 Å². The second kappa shape index (κ2) is 4.85. The van der Waals surface area contributed by atoms with Gasteiger partial charge in [-0.15, -0.1) is 0 Å². The Kier molecular flexibility index (Phi) is 3.73. The topological polar surface area (TPSA) is 87.0 Å². The van der Waals surface area contributed by atoms with E-state index in [9.17, 15) is 15.0 Å². The number of phenols is 1. The number of aliphatic hydroxyl groups is 1. The van der Waals surface area contributed by atoms with Gasteiger partial charge in [0, 0.05) is 0 Å². The van der Waals surface area contributed by atoms with Crippen LogP contribution in [0.3, 0.4) is 0 Å². The van der Waals surface area contributed by atoms with E-state index in [0.29, 0.717) is 0 Å². The molecule has 0 amide bonds. The number of aromatic hydroxyl groups is 1. The Bertz CT molecular complexity index is 386. The zero-order chi connectivity index (χ0) is 12.3. The third-order valence-corrected chi connectivity index (χ3v) is 1.90. The van der Waals surface area contributed by atoms with Crippen LogP contribution in [0.25, 0.3) is 0 Å². The van der Waals surface area contributed by atoms with Gasteiger partial charge in [-0.3, -0.25) is 0 Å². The van der Waals surface area contributed by atoms with Crippen molar-refractivity contribution >= 4 is 5.97 Å². The Hall–Kier alpha value is -1.75. The number of aliphatic hydroxyl groups excluding tert-OH is 1. The van der Waals surface area contributed by atoms with Gasteiger partial charge in [0.2, 0.25) is 0 Å². The molecule has 0 aliphatic rings. The molecule has 0 aliphatic carbocycles. The Morgan fingerprint density at radius 3 is 2.44 bits per heavy atom. The van der Waals surface area contributed by atoms with Gasteiger partial charge in [-0.1, -0.05) is 6.07 Å². The Balaban J connectivity index is 2.95. The van der Waals surface area contributed by atoms with Crippen molar-refractivity contribution in [1.29, 1.82) is 0 Å². The zero-order valence-electron chi connectivity index (χ0n) is 9.04. The molecule has 1 aromatic carbocycles. The molecule has 0 bridgehead atoms. The molecule has 16 heavy (non-hydrogen) atoms. The van der Waals surface area contributed by atoms with Gasteiger partial charge in [0.1, 0.15) is 0 Å². The van der Waals surface area contributed by atoms with Gasteiger partial charge in [-0.2, -0.15) is 0 Å². The summed E-state index contributed by atoms with van der Waals surface area (Å²) in [5.41, 5.74) is 0.112. The minimum atomic E-state index is -1.64. The van der Waals surface area contributed by atoms with E-state index in [-0.39, 0.29) is 23.2 Å². The van der Waals surface area contributed by atoms with Gasteiger partial charge >= 0.3 is 5.97 Å². The summed E-state index contributed by atoms with van der Waals surface area (Å²) in [7, 11) is 0. The second-order valence-electron chi connectivity index (χ2n) is 3.63. The average Bonchev–Trinajstić information content (AvgIpc) is 2.19. The molecule has 0 aliphatic heterocycles. The highest BCUT2D eigenvalue weighted by Gasteiger charge is 2.17. The number of hydrogen-bond acceptors (Lipinski definition) is 4. The Labute approximate surface area is 92.9 Å². The highest BCUT2D eigenvalue weighted by Crippen LogP contribution is 2.30. The van der Waals surface area contributed by atoms with Crippen LogP contribution in [0.1, 0.15) is 25.5 Å². The van der Waals surface area contributed by atoms with E-state index in [1.807, 2.05) is 0 Å². The van der Waals surface area contributed by atoms with Gasteiger partial charge < -0.3 is 20.1 Å². The van der Waals surface area contributed by atoms with E-state index in [1.165, 1.54) is 18.2 Å². The normalized spacial score (nSPS) is 12.5. The van der Waals surface area contributed by atoms with Crippen molar-refractivity contribution in [3.8, 4) is 11.5 Å². The molecule has 1 aromatic rings. The summed E-state index contributed by atoms with van der Waals surface area (Å²) in [4.78, 5) is 10.5. The molecule has 1 rings (SSSR count). The van der Waals surface area contributed by atoms with Crippen LogP contribution in [0, 0.1) is 0 Å². The molecule has 0 aromatic heterocycles. The number of carbonyl (C=O) groups is 1. The number of aliphatic carboxylic acids is 1. The number of benzene rings is 1. The van der Waals surface area contributed by atoms with E-state index >= 15 is 0 Å². The fourth-order valence-electron chi connectivity index (χ4n) is 1.20. The molecule has 1 atom stereocenters. The summed E-state index contributed by atoms with van der Waals surface area (Å²) in [5.74, 6) is -1.29. The lowest BCUT2D eigenvalue weighted by Crippen LogP contribution is -2.11. The molecule has 5 nitrogen and oxygen atoms in total. The number of carboxylic acid groups (broad SMARTS) is 1. The monoisotopic (exact) mass is 226 g/mol. The number of rotatable bonds is 4. The molecule has 1 unspecified atom stereocenters. The van der Waals surface area contributed by atoms with Crippen molar-refractivity contribution < 1.29 is 24.9 Å². The van der Waals surface area contributed by atoms with Crippen LogP contribution in [-0.2, 0) is 4.79 Å². The summed E-state index contributed by atoms with van der Waals surface area (Å²) in [6, 6.07) is 4.00. The first-order valence-electron chi connectivity index (χ1n) is 4.82. The molecule has 5 heteroatoms. The van der Waals surface area contributed by atoms with Crippen molar-refractivity contribution in [1.82, 2.24) is 0 Å². The first kappa shape index (κ1) is 12.3. The fourth-order valence-corrected chi connectivity index (χ4v) is 1.20. The Morgan fingerprint density at radius 2 is 2.00 bits per heavy atom. The van der Waals surface area contributed by atoms with Gasteiger partial charge in [0.15, 0.2) is 17.6 Å². The maximum Gasteiger partial charge on any atom is 0.337 e. The minimum Gasteiger partial charge on any atom is -0.504 e. The van der Waals surface area contributed by atoms with E-state index < -0.39 is 12.1 Å². The highest BCUT2D eigenvalue weighted by atomic mass is 16.5. The van der Waals surface area contributed by atoms with E-state index in [1.54, 1.807) is 13.8 Å². The minimum absolute atomic E-state index is 0.0962. The van der Waals surface area contributed by atoms with Crippen molar-refractivity contribution in [2.24, 2.45) is 0 Å². The number of hydrogen-bond donors (Lipinski definition) is 3. The van der Waals surface area contributed by atoms with E-state index in [2.05, 4.69) is 0 Å². The SMILES string of the molecule is CC(C)Oc1ccc(C(O)C(=O)O)cc1O. The predicted molar refractivity (Wildman–Crippen MR) is 56.5 cm³/mol. The maximum absolute atomic E-state index is 10.5. The molecule has 0 saturated carbocycles. The number of phenolic OH excluding ortho intramolecular Hbond substituents is 1. The summed E-state index contributed by atoms with van der Waals surface area (Å²) >= 11 is 0. The summed E-state index contributed by atoms with van der Waals surface area (Å²) < 4.78 is 5.26. The summed E-state index contributed by atoms with van der Waals surface area (Å²) in [6.45, 7) is 3.61. The molecule has 88 valence electrons. The first-order valence-corrected chi connectivity index (χ1v) is 4.82. The Morgan fingerprint density at radius 1 is 1.38 bits per heavy atom. The summed E-state index contributed by atoms with van der Waals surface area (Å²) in [6.07, 6.45) is -1.74. The lowest BCUT2D eigenvalue weighted by molar-refractivity contribution is -0.146. The van der Waals surface area contributed by atoms with Crippen LogP contribution in [0.4, 0.5) is 0 Å². The lowest BCUT2D eigenvalue weighted by atomic mass is 10.1. The largest absolute Gasteiger partial charge is 0.504 e. The standard InChI is InChI=1S/C11H14O5/c1-6(2)16-9-4-3-7(5-8(9)12)10(13)11(14)15/h3-6,10,12-13H,1-2H3,(H,14,15). The number of carboxylic acids is 1. The highest BCUT2D eigenvalue weighted by molar-refractivity contribution is 5.74. The van der Waals surface area contributed by atoms with Crippen LogP contribution in [0.2, 0.25) is 0 Å². The molecule has 0 heterocycles. The van der Waals surface area contributed by atoms with E-state index in [0.717, 1.165) is 0 Å². The molecule has 0 spiro atoms. The maximum atomic E-state index is 10.5. The molecular formula is C11H14O5. The van der Waals surface area contributed by atoms with Crippen LogP contribution >= 0.6 is 0 Å². The molecule has 0 radical (unpaired) electrons. The van der Waals surface area contributed by atoms with Crippen molar-refractivity contribution in [3.05, 3.63) is 23.8 Å². The molecule has 3 N–H and O–H groups in total. The van der Waals surface area contributed by atoms with Crippen molar-refractivity contribution in [2.75, 3.05) is 0 Å². The van der Waals surface area contributed by atoms with Gasteiger partial charge in [0.05, 0.1) is 6.10 Å². The van der Waals surface area contributed by atoms with Gasteiger partial charge in [-0.05, 0) is 31.5 Å². The molecule has 0 saturated heterocycles. The first-order chi connectivity index (χ1) is 7.41. The smallest absolute Gasteiger partial charge is 0.337 e. The van der Waals surface area contributed by atoms with Gasteiger partial charge in [0.25, 0.3) is 0 Å². The fraction of sp³-hybridized carbons (Fsp3) is 0.364. The van der Waals surface area contributed by atoms with Crippen LogP contribution in [0.5, 0.6) is 11.5 Å². The number of ether oxygens (including phenoxy) is 1. The quantitative estimate of drug-likeness (QED) is 0.720. The van der Waals surface area contributed by atoms with Crippen molar-refractivity contribution in [2.45, 2.75) is 26.1 Å². The third-order valence-electron chi connectivity index (χ3n) is 1.90. The third kappa shape index (κ3) is 2.87. The lowest BCUT2D eigenvalue weighted by Gasteiger charge is -2.13. The van der Waals surface area contributed by atoms with Crippen LogP contribution < -0.4 is 4.74 Å². The zero-order valence-corrected chi connectivity index (χ0v) is 9.04. The van der Waals surface area contributed by atoms with E-state index in [4.69, 9.17) is 9.84 Å². The summed E-state index contributed by atoms with van der Waals surface area (Å²) in [5, 5.41) is 27.4. The predicted octanol–water partition coefficient (Wildman–Crippen LogP) is 1.30. The molecular weight excluding hydrogens is 212 g/mol. The van der Waals surface area contributed by atoms with Crippen molar-refractivity contribution in [3.63, 3.8) is 0 Å².